The summed E-state index contributed by atoms with van der Waals surface area (Å²) in [7, 11) is 1.69. The molecule has 0 bridgehead atoms. The van der Waals surface area contributed by atoms with Crippen LogP contribution in [-0.2, 0) is 6.54 Å². The standard InChI is InChI=1S/C21H22N4O3/c1-27-19-8-3-2-5-18(19)14-24-9-11-25(12-10-24)21(26)17-7-4-6-16(13-17)20-23-22-15-28-20/h2-8,13,15H,9-12,14H2,1H3. The molecule has 4 rings (SSSR count). The van der Waals surface area contributed by atoms with Crippen LogP contribution in [0.4, 0.5) is 0 Å². The lowest BCUT2D eigenvalue weighted by molar-refractivity contribution is 0.0627. The average Bonchev–Trinajstić information content (AvgIpc) is 3.29. The summed E-state index contributed by atoms with van der Waals surface area (Å²) in [6, 6.07) is 15.4. The van der Waals surface area contributed by atoms with Gasteiger partial charge in [0.2, 0.25) is 12.3 Å². The number of hydrogen-bond donors (Lipinski definition) is 0. The minimum Gasteiger partial charge on any atom is -0.496 e. The van der Waals surface area contributed by atoms with Gasteiger partial charge < -0.3 is 14.1 Å². The number of para-hydroxylation sites is 1. The molecule has 3 aromatic rings. The molecule has 2 heterocycles. The van der Waals surface area contributed by atoms with Crippen molar-refractivity contribution in [2.24, 2.45) is 0 Å². The molecule has 0 atom stereocenters. The van der Waals surface area contributed by atoms with E-state index in [4.69, 9.17) is 9.15 Å². The fourth-order valence-corrected chi connectivity index (χ4v) is 3.45. The van der Waals surface area contributed by atoms with E-state index >= 15 is 0 Å². The Morgan fingerprint density at radius 2 is 1.93 bits per heavy atom. The van der Waals surface area contributed by atoms with Gasteiger partial charge in [-0.25, -0.2) is 0 Å². The summed E-state index contributed by atoms with van der Waals surface area (Å²) in [5.74, 6) is 1.34. The lowest BCUT2D eigenvalue weighted by atomic mass is 10.1. The number of piperazine rings is 1. The van der Waals surface area contributed by atoms with E-state index in [-0.39, 0.29) is 5.91 Å². The molecule has 2 aromatic carbocycles. The van der Waals surface area contributed by atoms with E-state index in [1.54, 1.807) is 13.2 Å². The number of nitrogens with zero attached hydrogens (tertiary/aromatic N) is 4. The average molecular weight is 378 g/mol. The van der Waals surface area contributed by atoms with Crippen molar-refractivity contribution in [3.05, 3.63) is 66.1 Å². The smallest absolute Gasteiger partial charge is 0.253 e. The second-order valence-electron chi connectivity index (χ2n) is 6.70. The van der Waals surface area contributed by atoms with Gasteiger partial charge in [-0.3, -0.25) is 9.69 Å². The summed E-state index contributed by atoms with van der Waals surface area (Å²) in [5.41, 5.74) is 2.55. The van der Waals surface area contributed by atoms with Crippen molar-refractivity contribution in [3.63, 3.8) is 0 Å². The highest BCUT2D eigenvalue weighted by molar-refractivity contribution is 5.95. The molecule has 1 aromatic heterocycles. The van der Waals surface area contributed by atoms with Gasteiger partial charge in [-0.2, -0.15) is 0 Å². The van der Waals surface area contributed by atoms with Gasteiger partial charge in [-0.1, -0.05) is 24.3 Å². The van der Waals surface area contributed by atoms with Crippen molar-refractivity contribution in [3.8, 4) is 17.2 Å². The Balaban J connectivity index is 1.38. The van der Waals surface area contributed by atoms with Crippen LogP contribution < -0.4 is 4.74 Å². The van der Waals surface area contributed by atoms with Crippen molar-refractivity contribution >= 4 is 5.91 Å². The summed E-state index contributed by atoms with van der Waals surface area (Å²) in [4.78, 5) is 17.1. The van der Waals surface area contributed by atoms with Gasteiger partial charge in [-0.15, -0.1) is 10.2 Å². The van der Waals surface area contributed by atoms with Crippen LogP contribution in [0.3, 0.4) is 0 Å². The fourth-order valence-electron chi connectivity index (χ4n) is 3.45. The van der Waals surface area contributed by atoms with E-state index in [0.29, 0.717) is 24.5 Å². The summed E-state index contributed by atoms with van der Waals surface area (Å²) in [6.07, 6.45) is 1.28. The molecular formula is C21H22N4O3. The molecule has 1 saturated heterocycles. The largest absolute Gasteiger partial charge is 0.496 e. The fraction of sp³-hybridized carbons (Fsp3) is 0.286. The van der Waals surface area contributed by atoms with Gasteiger partial charge >= 0.3 is 0 Å². The number of aromatic nitrogens is 2. The normalized spacial score (nSPS) is 14.8. The van der Waals surface area contributed by atoms with Crippen molar-refractivity contribution in [1.82, 2.24) is 20.0 Å². The second kappa shape index (κ2) is 8.22. The van der Waals surface area contributed by atoms with Crippen LogP contribution in [0.25, 0.3) is 11.5 Å². The first-order valence-electron chi connectivity index (χ1n) is 9.25. The van der Waals surface area contributed by atoms with Crippen LogP contribution in [0.5, 0.6) is 5.75 Å². The van der Waals surface area contributed by atoms with E-state index in [1.807, 2.05) is 41.3 Å². The lowest BCUT2D eigenvalue weighted by Crippen LogP contribution is -2.48. The zero-order valence-corrected chi connectivity index (χ0v) is 15.7. The molecule has 1 aliphatic rings. The first-order chi connectivity index (χ1) is 13.7. The van der Waals surface area contributed by atoms with Crippen molar-refractivity contribution in [2.45, 2.75) is 6.54 Å². The van der Waals surface area contributed by atoms with Gasteiger partial charge in [0, 0.05) is 49.4 Å². The zero-order valence-electron chi connectivity index (χ0n) is 15.7. The SMILES string of the molecule is COc1ccccc1CN1CCN(C(=O)c2cccc(-c3nnco3)c2)CC1. The molecule has 1 aliphatic heterocycles. The van der Waals surface area contributed by atoms with Gasteiger partial charge in [0.1, 0.15) is 5.75 Å². The minimum absolute atomic E-state index is 0.0262. The molecule has 0 radical (unpaired) electrons. The van der Waals surface area contributed by atoms with Crippen LogP contribution in [0.2, 0.25) is 0 Å². The maximum atomic E-state index is 12.9. The van der Waals surface area contributed by atoms with Gasteiger partial charge in [-0.05, 0) is 24.3 Å². The van der Waals surface area contributed by atoms with E-state index in [9.17, 15) is 4.79 Å². The predicted molar refractivity (Wildman–Crippen MR) is 104 cm³/mol. The molecule has 28 heavy (non-hydrogen) atoms. The Hall–Kier alpha value is -3.19. The summed E-state index contributed by atoms with van der Waals surface area (Å²) >= 11 is 0. The number of benzene rings is 2. The third-order valence-electron chi connectivity index (χ3n) is 4.96. The van der Waals surface area contributed by atoms with Crippen LogP contribution >= 0.6 is 0 Å². The molecular weight excluding hydrogens is 356 g/mol. The van der Waals surface area contributed by atoms with E-state index in [1.165, 1.54) is 6.39 Å². The van der Waals surface area contributed by atoms with Crippen LogP contribution in [0, 0.1) is 0 Å². The Bertz CT molecular complexity index is 934. The highest BCUT2D eigenvalue weighted by atomic mass is 16.5. The molecule has 1 fully saturated rings. The Kier molecular flexibility index (Phi) is 5.34. The molecule has 1 amide bonds. The molecule has 0 N–H and O–H groups in total. The first kappa shape index (κ1) is 18.2. The van der Waals surface area contributed by atoms with E-state index in [2.05, 4.69) is 21.2 Å². The van der Waals surface area contributed by atoms with Crippen LogP contribution in [0.15, 0.2) is 59.3 Å². The first-order valence-corrected chi connectivity index (χ1v) is 9.25. The summed E-state index contributed by atoms with van der Waals surface area (Å²) in [5, 5.41) is 7.60. The highest BCUT2D eigenvalue weighted by Crippen LogP contribution is 2.21. The van der Waals surface area contributed by atoms with Crippen molar-refractivity contribution in [1.29, 1.82) is 0 Å². The number of carbonyl (C=O) groups is 1. The number of amides is 1. The second-order valence-corrected chi connectivity index (χ2v) is 6.70. The Labute approximate surface area is 163 Å². The summed E-state index contributed by atoms with van der Waals surface area (Å²) < 4.78 is 10.7. The van der Waals surface area contributed by atoms with Gasteiger partial charge in [0.15, 0.2) is 0 Å². The monoisotopic (exact) mass is 378 g/mol. The molecule has 0 spiro atoms. The van der Waals surface area contributed by atoms with E-state index in [0.717, 1.165) is 36.5 Å². The minimum atomic E-state index is 0.0262. The Morgan fingerprint density at radius 1 is 1.11 bits per heavy atom. The molecule has 7 heteroatoms. The number of rotatable bonds is 5. The zero-order chi connectivity index (χ0) is 19.3. The summed E-state index contributed by atoms with van der Waals surface area (Å²) in [6.45, 7) is 3.86. The number of ether oxygens (including phenoxy) is 1. The molecule has 0 saturated carbocycles. The van der Waals surface area contributed by atoms with Crippen LogP contribution in [0.1, 0.15) is 15.9 Å². The number of carbonyl (C=O) groups excluding carboxylic acids is 1. The van der Waals surface area contributed by atoms with E-state index < -0.39 is 0 Å². The van der Waals surface area contributed by atoms with Crippen LogP contribution in [-0.4, -0.2) is 59.2 Å². The Morgan fingerprint density at radius 3 is 2.68 bits per heavy atom. The molecule has 0 aliphatic carbocycles. The van der Waals surface area contributed by atoms with Gasteiger partial charge in [0.05, 0.1) is 7.11 Å². The maximum absolute atomic E-state index is 12.9. The predicted octanol–water partition coefficient (Wildman–Crippen LogP) is 2.70. The third kappa shape index (κ3) is 3.89. The highest BCUT2D eigenvalue weighted by Gasteiger charge is 2.23. The van der Waals surface area contributed by atoms with Crippen molar-refractivity contribution < 1.29 is 13.9 Å². The third-order valence-corrected chi connectivity index (χ3v) is 4.96. The number of hydrogen-bond acceptors (Lipinski definition) is 6. The van der Waals surface area contributed by atoms with Crippen molar-refractivity contribution in [2.75, 3.05) is 33.3 Å². The lowest BCUT2D eigenvalue weighted by Gasteiger charge is -2.35. The number of methoxy groups -OCH3 is 1. The van der Waals surface area contributed by atoms with Gasteiger partial charge in [0.25, 0.3) is 5.91 Å². The topological polar surface area (TPSA) is 71.7 Å². The maximum Gasteiger partial charge on any atom is 0.253 e. The quantitative estimate of drug-likeness (QED) is 0.680. The molecule has 7 nitrogen and oxygen atoms in total. The molecule has 0 unspecified atom stereocenters. The molecule has 144 valence electrons.